The molecule has 0 heterocycles. The van der Waals surface area contributed by atoms with Crippen molar-refractivity contribution < 1.29 is 9.84 Å². The van der Waals surface area contributed by atoms with Crippen LogP contribution in [0.25, 0.3) is 0 Å². The maximum atomic E-state index is 12.6. The van der Waals surface area contributed by atoms with Crippen LogP contribution >= 0.6 is 0 Å². The zero-order valence-electron chi connectivity index (χ0n) is 18.8. The molecule has 164 valence electrons. The minimum Gasteiger partial charge on any atom is -0.389 e. The summed E-state index contributed by atoms with van der Waals surface area (Å²) in [4.78, 5) is 0. The van der Waals surface area contributed by atoms with Gasteiger partial charge in [-0.15, -0.1) is 6.58 Å². The van der Waals surface area contributed by atoms with Crippen molar-refractivity contribution in [2.75, 3.05) is 13.2 Å². The molecule has 0 radical (unpaired) electrons. The maximum absolute atomic E-state index is 12.6. The van der Waals surface area contributed by atoms with E-state index in [-0.39, 0.29) is 5.41 Å². The van der Waals surface area contributed by atoms with Gasteiger partial charge >= 0.3 is 0 Å². The molecular weight excluding hydrogens is 368 g/mol. The fraction of sp³-hybridized carbons (Fsp3) is 0.714. The Morgan fingerprint density at radius 3 is 2.63 bits per heavy atom. The summed E-state index contributed by atoms with van der Waals surface area (Å²) in [6, 6.07) is 11.0. The molecule has 4 saturated carbocycles. The van der Waals surface area contributed by atoms with Gasteiger partial charge in [-0.25, -0.2) is 0 Å². The molecule has 1 aromatic rings. The summed E-state index contributed by atoms with van der Waals surface area (Å²) < 4.78 is 6.18. The lowest BCUT2D eigenvalue weighted by atomic mass is 9.43. The number of hydrogen-bond donors (Lipinski definition) is 1. The van der Waals surface area contributed by atoms with E-state index in [1.165, 1.54) is 50.5 Å². The summed E-state index contributed by atoms with van der Waals surface area (Å²) in [5.41, 5.74) is 1.08. The van der Waals surface area contributed by atoms with Crippen molar-refractivity contribution in [3.05, 3.63) is 48.6 Å². The molecule has 0 spiro atoms. The molecule has 0 aliphatic heterocycles. The van der Waals surface area contributed by atoms with E-state index in [0.717, 1.165) is 25.2 Å². The second-order valence-electron chi connectivity index (χ2n) is 11.2. The predicted molar refractivity (Wildman–Crippen MR) is 122 cm³/mol. The molecule has 0 bridgehead atoms. The van der Waals surface area contributed by atoms with Gasteiger partial charge in [-0.2, -0.15) is 0 Å². The van der Waals surface area contributed by atoms with E-state index in [0.29, 0.717) is 36.4 Å². The molecular formula is C28H40O2. The van der Waals surface area contributed by atoms with Gasteiger partial charge in [0, 0.05) is 5.41 Å². The molecule has 0 saturated heterocycles. The van der Waals surface area contributed by atoms with E-state index in [9.17, 15) is 5.11 Å². The summed E-state index contributed by atoms with van der Waals surface area (Å²) >= 11 is 0. The third-order valence-corrected chi connectivity index (χ3v) is 10.3. The van der Waals surface area contributed by atoms with Crippen LogP contribution < -0.4 is 0 Å². The molecule has 1 aromatic carbocycles. The Kier molecular flexibility index (Phi) is 5.39. The third kappa shape index (κ3) is 2.89. The predicted octanol–water partition coefficient (Wildman–Crippen LogP) is 6.50. The average molecular weight is 409 g/mol. The first-order chi connectivity index (χ1) is 14.6. The standard InChI is InChI=1S/C28H40O2/c1-3-19-30-20-27-17-14-24-25(13-12-22-11-7-8-16-26(22,24)2)28(27,29)18-15-23(27)21-9-5-4-6-10-21/h3-6,9-10,22-25,29H,1,7-8,11-20H2,2H3/t22-,23+,24-,25+,26-,27-,28-/m0/s1. The van der Waals surface area contributed by atoms with Crippen LogP contribution in [-0.2, 0) is 4.74 Å². The lowest BCUT2D eigenvalue weighted by Crippen LogP contribution is -2.63. The van der Waals surface area contributed by atoms with Crippen molar-refractivity contribution in [2.45, 2.75) is 82.7 Å². The van der Waals surface area contributed by atoms with Gasteiger partial charge in [-0.1, -0.05) is 56.2 Å². The molecule has 0 aromatic heterocycles. The number of fused-ring (bicyclic) bond motifs is 5. The highest BCUT2D eigenvalue weighted by atomic mass is 16.5. The van der Waals surface area contributed by atoms with Gasteiger partial charge in [0.1, 0.15) is 0 Å². The van der Waals surface area contributed by atoms with Crippen molar-refractivity contribution in [3.8, 4) is 0 Å². The van der Waals surface area contributed by atoms with Crippen LogP contribution in [0.1, 0.15) is 82.6 Å². The van der Waals surface area contributed by atoms with Crippen LogP contribution in [0.4, 0.5) is 0 Å². The molecule has 4 fully saturated rings. The quantitative estimate of drug-likeness (QED) is 0.445. The van der Waals surface area contributed by atoms with E-state index >= 15 is 0 Å². The lowest BCUT2D eigenvalue weighted by molar-refractivity contribution is -0.219. The largest absolute Gasteiger partial charge is 0.389 e. The van der Waals surface area contributed by atoms with Gasteiger partial charge in [0.05, 0.1) is 18.8 Å². The minimum atomic E-state index is -0.594. The Morgan fingerprint density at radius 2 is 1.83 bits per heavy atom. The van der Waals surface area contributed by atoms with Crippen LogP contribution in [0.2, 0.25) is 0 Å². The Balaban J connectivity index is 1.52. The van der Waals surface area contributed by atoms with Crippen molar-refractivity contribution in [2.24, 2.45) is 28.6 Å². The van der Waals surface area contributed by atoms with E-state index in [1.807, 2.05) is 6.08 Å². The summed E-state index contributed by atoms with van der Waals surface area (Å²) in [6.45, 7) is 7.68. The SMILES string of the molecule is C=CCOC[C@]12CC[C@H]3[C@@H](CC[C@@H]4CCCC[C@@]43C)[C@@]1(O)CC[C@@H]2c1ccccc1. The molecule has 0 amide bonds. The molecule has 0 unspecified atom stereocenters. The Morgan fingerprint density at radius 1 is 1.00 bits per heavy atom. The second kappa shape index (κ2) is 7.78. The fourth-order valence-corrected chi connectivity index (χ4v) is 8.88. The number of ether oxygens (including phenoxy) is 1. The normalized spacial score (nSPS) is 45.3. The summed E-state index contributed by atoms with van der Waals surface area (Å²) in [7, 11) is 0. The molecule has 4 aliphatic carbocycles. The summed E-state index contributed by atoms with van der Waals surface area (Å²) in [6.07, 6.45) is 14.4. The zero-order valence-corrected chi connectivity index (χ0v) is 18.8. The van der Waals surface area contributed by atoms with Crippen LogP contribution in [0.5, 0.6) is 0 Å². The smallest absolute Gasteiger partial charge is 0.0762 e. The molecule has 2 nitrogen and oxygen atoms in total. The van der Waals surface area contributed by atoms with Gasteiger partial charge in [-0.3, -0.25) is 0 Å². The molecule has 1 N–H and O–H groups in total. The Labute approximate surface area is 183 Å². The Bertz CT molecular complexity index is 759. The highest BCUT2D eigenvalue weighted by Gasteiger charge is 2.68. The van der Waals surface area contributed by atoms with Crippen LogP contribution in [0.3, 0.4) is 0 Å². The minimum absolute atomic E-state index is 0.156. The first-order valence-electron chi connectivity index (χ1n) is 12.5. The zero-order chi connectivity index (χ0) is 20.8. The third-order valence-electron chi connectivity index (χ3n) is 10.3. The lowest BCUT2D eigenvalue weighted by Gasteiger charge is -2.64. The van der Waals surface area contributed by atoms with E-state index in [1.54, 1.807) is 0 Å². The second-order valence-corrected chi connectivity index (χ2v) is 11.2. The maximum Gasteiger partial charge on any atom is 0.0762 e. The first-order valence-corrected chi connectivity index (χ1v) is 12.5. The molecule has 4 aliphatic rings. The molecule has 7 atom stereocenters. The van der Waals surface area contributed by atoms with Gasteiger partial charge in [0.15, 0.2) is 0 Å². The van der Waals surface area contributed by atoms with E-state index in [2.05, 4.69) is 43.8 Å². The number of benzene rings is 1. The average Bonchev–Trinajstić information content (AvgIpc) is 3.07. The van der Waals surface area contributed by atoms with Gasteiger partial charge in [0.25, 0.3) is 0 Å². The first kappa shape index (κ1) is 20.8. The molecule has 30 heavy (non-hydrogen) atoms. The fourth-order valence-electron chi connectivity index (χ4n) is 8.88. The van der Waals surface area contributed by atoms with Crippen LogP contribution in [-0.4, -0.2) is 23.9 Å². The number of rotatable bonds is 5. The van der Waals surface area contributed by atoms with Crippen molar-refractivity contribution in [1.82, 2.24) is 0 Å². The summed E-state index contributed by atoms with van der Waals surface area (Å²) in [5, 5.41) is 12.6. The Hall–Kier alpha value is -1.12. The van der Waals surface area contributed by atoms with Crippen molar-refractivity contribution in [1.29, 1.82) is 0 Å². The topological polar surface area (TPSA) is 29.5 Å². The highest BCUT2D eigenvalue weighted by molar-refractivity contribution is 5.30. The summed E-state index contributed by atoms with van der Waals surface area (Å²) in [5.74, 6) is 2.40. The highest BCUT2D eigenvalue weighted by Crippen LogP contribution is 2.70. The van der Waals surface area contributed by atoms with Crippen LogP contribution in [0.15, 0.2) is 43.0 Å². The van der Waals surface area contributed by atoms with Gasteiger partial charge in [0.2, 0.25) is 0 Å². The van der Waals surface area contributed by atoms with Crippen LogP contribution in [0, 0.1) is 28.6 Å². The number of aliphatic hydroxyl groups is 1. The van der Waals surface area contributed by atoms with Crippen molar-refractivity contribution >= 4 is 0 Å². The van der Waals surface area contributed by atoms with E-state index < -0.39 is 5.60 Å². The number of hydrogen-bond acceptors (Lipinski definition) is 2. The molecule has 5 rings (SSSR count). The molecule has 2 heteroatoms. The van der Waals surface area contributed by atoms with Gasteiger partial charge < -0.3 is 9.84 Å². The van der Waals surface area contributed by atoms with E-state index in [4.69, 9.17) is 4.74 Å². The van der Waals surface area contributed by atoms with Gasteiger partial charge in [-0.05, 0) is 86.0 Å². The van der Waals surface area contributed by atoms with Crippen molar-refractivity contribution in [3.63, 3.8) is 0 Å². The monoisotopic (exact) mass is 408 g/mol.